The molecule has 1 heterocycles. The number of hydrogen-bond donors (Lipinski definition) is 1. The van der Waals surface area contributed by atoms with Crippen LogP contribution in [0.2, 0.25) is 0 Å². The van der Waals surface area contributed by atoms with Crippen molar-refractivity contribution in [3.8, 4) is 0 Å². The lowest BCUT2D eigenvalue weighted by Crippen LogP contribution is -2.25. The highest BCUT2D eigenvalue weighted by atomic mass is 16.5. The van der Waals surface area contributed by atoms with Gasteiger partial charge in [0.1, 0.15) is 0 Å². The number of hydrogen-bond acceptors (Lipinski definition) is 5. The largest absolute Gasteiger partial charge is 0.465 e. The van der Waals surface area contributed by atoms with Crippen LogP contribution >= 0.6 is 0 Å². The number of aromatic nitrogens is 1. The van der Waals surface area contributed by atoms with E-state index in [0.29, 0.717) is 5.56 Å². The van der Waals surface area contributed by atoms with Crippen LogP contribution < -0.4 is 0 Å². The molecule has 2 aromatic carbocycles. The van der Waals surface area contributed by atoms with Crippen molar-refractivity contribution in [1.82, 2.24) is 4.98 Å². The van der Waals surface area contributed by atoms with Gasteiger partial charge in [0.25, 0.3) is 0 Å². The second-order valence-electron chi connectivity index (χ2n) is 5.70. The Balaban J connectivity index is 1.82. The average Bonchev–Trinajstić information content (AvgIpc) is 3.10. The predicted molar refractivity (Wildman–Crippen MR) is 95.3 cm³/mol. The number of nitrogens with one attached hydrogen (secondary N) is 1. The molecule has 0 amide bonds. The average molecular weight is 351 g/mol. The molecule has 3 rings (SSSR count). The van der Waals surface area contributed by atoms with Gasteiger partial charge in [0.2, 0.25) is 5.78 Å². The standard InChI is InChI=1S/C20H17NO5/c1-12(18(22)16-11-21-17-10-6-5-7-13(16)17)26-20(24)15-9-4-3-8-14(15)19(23)25-2/h3-12,21H,1-2H3. The third kappa shape index (κ3) is 3.21. The zero-order valence-electron chi connectivity index (χ0n) is 14.3. The molecule has 0 spiro atoms. The fourth-order valence-electron chi connectivity index (χ4n) is 2.72. The first-order chi connectivity index (χ1) is 12.5. The number of methoxy groups -OCH3 is 1. The van der Waals surface area contributed by atoms with Crippen LogP contribution in [0.3, 0.4) is 0 Å². The van der Waals surface area contributed by atoms with E-state index in [1.165, 1.54) is 26.2 Å². The van der Waals surface area contributed by atoms with E-state index < -0.39 is 18.0 Å². The number of fused-ring (bicyclic) bond motifs is 1. The summed E-state index contributed by atoms with van der Waals surface area (Å²) in [7, 11) is 1.23. The number of rotatable bonds is 5. The third-order valence-corrected chi connectivity index (χ3v) is 4.06. The molecule has 0 bridgehead atoms. The molecule has 1 N–H and O–H groups in total. The highest BCUT2D eigenvalue weighted by Gasteiger charge is 2.25. The first-order valence-corrected chi connectivity index (χ1v) is 8.01. The molecular formula is C20H17NO5. The highest BCUT2D eigenvalue weighted by molar-refractivity contribution is 6.11. The van der Waals surface area contributed by atoms with E-state index in [4.69, 9.17) is 4.74 Å². The zero-order chi connectivity index (χ0) is 18.7. The zero-order valence-corrected chi connectivity index (χ0v) is 14.3. The number of ketones is 1. The summed E-state index contributed by atoms with van der Waals surface area (Å²) in [6.45, 7) is 1.50. The minimum absolute atomic E-state index is 0.0536. The maximum Gasteiger partial charge on any atom is 0.339 e. The topological polar surface area (TPSA) is 85.5 Å². The van der Waals surface area contributed by atoms with Crippen LogP contribution in [0.4, 0.5) is 0 Å². The Bertz CT molecular complexity index is 989. The molecule has 0 fully saturated rings. The van der Waals surface area contributed by atoms with Crippen LogP contribution in [-0.4, -0.2) is 35.9 Å². The minimum Gasteiger partial charge on any atom is -0.465 e. The number of benzene rings is 2. The van der Waals surface area contributed by atoms with Crippen molar-refractivity contribution in [3.63, 3.8) is 0 Å². The van der Waals surface area contributed by atoms with Crippen molar-refractivity contribution in [3.05, 3.63) is 71.4 Å². The van der Waals surface area contributed by atoms with E-state index >= 15 is 0 Å². The van der Waals surface area contributed by atoms with Gasteiger partial charge in [0, 0.05) is 22.7 Å². The summed E-state index contributed by atoms with van der Waals surface area (Å²) in [5.41, 5.74) is 1.41. The molecule has 1 atom stereocenters. The smallest absolute Gasteiger partial charge is 0.339 e. The molecule has 132 valence electrons. The predicted octanol–water partition coefficient (Wildman–Crippen LogP) is 3.38. The number of esters is 2. The Labute approximate surface area is 149 Å². The Morgan fingerprint density at radius 3 is 2.19 bits per heavy atom. The Hall–Kier alpha value is -3.41. The quantitative estimate of drug-likeness (QED) is 0.562. The third-order valence-electron chi connectivity index (χ3n) is 4.06. The number of carbonyl (C=O) groups is 3. The number of ether oxygens (including phenoxy) is 2. The van der Waals surface area contributed by atoms with Crippen molar-refractivity contribution in [2.75, 3.05) is 7.11 Å². The molecule has 0 saturated carbocycles. The second-order valence-corrected chi connectivity index (χ2v) is 5.70. The summed E-state index contributed by atoms with van der Waals surface area (Å²) in [6, 6.07) is 13.5. The van der Waals surface area contributed by atoms with Crippen LogP contribution in [0.15, 0.2) is 54.7 Å². The molecule has 0 aliphatic carbocycles. The van der Waals surface area contributed by atoms with E-state index in [1.54, 1.807) is 18.3 Å². The van der Waals surface area contributed by atoms with Crippen molar-refractivity contribution in [2.45, 2.75) is 13.0 Å². The van der Waals surface area contributed by atoms with Crippen LogP contribution in [0.5, 0.6) is 0 Å². The van der Waals surface area contributed by atoms with Crippen LogP contribution in [-0.2, 0) is 9.47 Å². The van der Waals surface area contributed by atoms with E-state index in [0.717, 1.165) is 10.9 Å². The molecule has 0 saturated heterocycles. The number of carbonyl (C=O) groups excluding carboxylic acids is 3. The maximum absolute atomic E-state index is 12.7. The van der Waals surface area contributed by atoms with Gasteiger partial charge in [-0.15, -0.1) is 0 Å². The van der Waals surface area contributed by atoms with Crippen molar-refractivity contribution in [2.24, 2.45) is 0 Å². The Morgan fingerprint density at radius 2 is 1.50 bits per heavy atom. The number of Topliss-reactive ketones (excluding diaryl/α,β-unsaturated/α-hetero) is 1. The maximum atomic E-state index is 12.7. The molecule has 0 radical (unpaired) electrons. The summed E-state index contributed by atoms with van der Waals surface area (Å²) in [5.74, 6) is -1.73. The van der Waals surface area contributed by atoms with Gasteiger partial charge in [0.05, 0.1) is 18.2 Å². The summed E-state index contributed by atoms with van der Waals surface area (Å²) in [4.78, 5) is 39.9. The fourth-order valence-corrected chi connectivity index (χ4v) is 2.72. The van der Waals surface area contributed by atoms with Crippen molar-refractivity contribution < 1.29 is 23.9 Å². The minimum atomic E-state index is -1.01. The Morgan fingerprint density at radius 1 is 0.885 bits per heavy atom. The lowest BCUT2D eigenvalue weighted by atomic mass is 10.1. The summed E-state index contributed by atoms with van der Waals surface area (Å²) >= 11 is 0. The number of aromatic amines is 1. The molecule has 1 unspecified atom stereocenters. The van der Waals surface area contributed by atoms with Crippen LogP contribution in [0.25, 0.3) is 10.9 Å². The summed E-state index contributed by atoms with van der Waals surface area (Å²) < 4.78 is 9.96. The molecule has 6 heteroatoms. The SMILES string of the molecule is COC(=O)c1ccccc1C(=O)OC(C)C(=O)c1c[nH]c2ccccc12. The van der Waals surface area contributed by atoms with Gasteiger partial charge in [-0.05, 0) is 25.1 Å². The normalized spacial score (nSPS) is 11.8. The lowest BCUT2D eigenvalue weighted by molar-refractivity contribution is 0.0314. The van der Waals surface area contributed by atoms with Gasteiger partial charge in [-0.25, -0.2) is 9.59 Å². The van der Waals surface area contributed by atoms with E-state index in [9.17, 15) is 14.4 Å². The van der Waals surface area contributed by atoms with Gasteiger partial charge in [-0.2, -0.15) is 0 Å². The summed E-state index contributed by atoms with van der Waals surface area (Å²) in [5, 5.41) is 0.760. The Kier molecular flexibility index (Phi) is 4.84. The van der Waals surface area contributed by atoms with Gasteiger partial charge < -0.3 is 14.5 Å². The molecule has 3 aromatic rings. The summed E-state index contributed by atoms with van der Waals surface area (Å²) in [6.07, 6.45) is 0.590. The van der Waals surface area contributed by atoms with Gasteiger partial charge in [-0.3, -0.25) is 4.79 Å². The highest BCUT2D eigenvalue weighted by Crippen LogP contribution is 2.21. The molecule has 0 aliphatic rings. The fraction of sp³-hybridized carbons (Fsp3) is 0.150. The molecule has 6 nitrogen and oxygen atoms in total. The number of para-hydroxylation sites is 1. The van der Waals surface area contributed by atoms with Gasteiger partial charge in [0.15, 0.2) is 6.10 Å². The van der Waals surface area contributed by atoms with E-state index in [2.05, 4.69) is 9.72 Å². The molecule has 0 aliphatic heterocycles. The van der Waals surface area contributed by atoms with Crippen molar-refractivity contribution >= 4 is 28.6 Å². The first kappa shape index (κ1) is 17.4. The lowest BCUT2D eigenvalue weighted by Gasteiger charge is -2.13. The van der Waals surface area contributed by atoms with Crippen molar-refractivity contribution in [1.29, 1.82) is 0 Å². The number of H-pyrrole nitrogens is 1. The molecule has 1 aromatic heterocycles. The molecule has 26 heavy (non-hydrogen) atoms. The second kappa shape index (κ2) is 7.23. The van der Waals surface area contributed by atoms with Gasteiger partial charge in [-0.1, -0.05) is 30.3 Å². The van der Waals surface area contributed by atoms with E-state index in [1.807, 2.05) is 24.3 Å². The molecular weight excluding hydrogens is 334 g/mol. The monoisotopic (exact) mass is 351 g/mol. The first-order valence-electron chi connectivity index (χ1n) is 8.01. The van der Waals surface area contributed by atoms with Crippen LogP contribution in [0, 0.1) is 0 Å². The van der Waals surface area contributed by atoms with Gasteiger partial charge >= 0.3 is 11.9 Å². The van der Waals surface area contributed by atoms with Crippen LogP contribution in [0.1, 0.15) is 38.0 Å². The van der Waals surface area contributed by atoms with E-state index in [-0.39, 0.29) is 16.9 Å².